The molecular weight excluding hydrogens is 326 g/mol. The summed E-state index contributed by atoms with van der Waals surface area (Å²) in [4.78, 5) is 15.4. The number of rotatable bonds is 4. The molecule has 0 fully saturated rings. The van der Waals surface area contributed by atoms with Crippen molar-refractivity contribution in [3.63, 3.8) is 0 Å². The highest BCUT2D eigenvalue weighted by Gasteiger charge is 2.15. The minimum Gasteiger partial charge on any atom is -0.497 e. The van der Waals surface area contributed by atoms with Crippen molar-refractivity contribution in [1.82, 2.24) is 10.4 Å². The Bertz CT molecular complexity index is 914. The number of aromatic nitrogens is 1. The standard InChI is InChI=1S/C18H16ClN3O2/c1-11-14-4-3-5-15(19)17(14)21-16(11)18(23)22-20-10-12-6-8-13(24-2)9-7-12/h3-10,21H,1-2H3,(H,22,23). The first kappa shape index (κ1) is 16.1. The van der Waals surface area contributed by atoms with Crippen molar-refractivity contribution in [1.29, 1.82) is 0 Å². The van der Waals surface area contributed by atoms with Gasteiger partial charge in [-0.25, -0.2) is 5.43 Å². The molecule has 0 spiro atoms. The van der Waals surface area contributed by atoms with Crippen LogP contribution in [0.3, 0.4) is 0 Å². The topological polar surface area (TPSA) is 66.5 Å². The maximum Gasteiger partial charge on any atom is 0.288 e. The Morgan fingerprint density at radius 1 is 1.25 bits per heavy atom. The summed E-state index contributed by atoms with van der Waals surface area (Å²) in [7, 11) is 1.61. The van der Waals surface area contributed by atoms with Crippen LogP contribution in [-0.2, 0) is 0 Å². The zero-order chi connectivity index (χ0) is 17.1. The highest BCUT2D eigenvalue weighted by Crippen LogP contribution is 2.27. The molecule has 122 valence electrons. The smallest absolute Gasteiger partial charge is 0.288 e. The fraction of sp³-hybridized carbons (Fsp3) is 0.111. The second-order valence-corrected chi connectivity index (χ2v) is 5.67. The third-order valence-corrected chi connectivity index (χ3v) is 4.08. The number of amides is 1. The third-order valence-electron chi connectivity index (χ3n) is 3.77. The Balaban J connectivity index is 1.76. The number of carbonyl (C=O) groups excluding carboxylic acids is 1. The Morgan fingerprint density at radius 3 is 2.67 bits per heavy atom. The van der Waals surface area contributed by atoms with Crippen molar-refractivity contribution < 1.29 is 9.53 Å². The van der Waals surface area contributed by atoms with E-state index in [2.05, 4.69) is 15.5 Å². The van der Waals surface area contributed by atoms with Crippen LogP contribution in [0, 0.1) is 6.92 Å². The van der Waals surface area contributed by atoms with Crippen LogP contribution in [0.5, 0.6) is 5.75 Å². The normalized spacial score (nSPS) is 11.1. The van der Waals surface area contributed by atoms with E-state index >= 15 is 0 Å². The van der Waals surface area contributed by atoms with E-state index in [1.165, 1.54) is 0 Å². The van der Waals surface area contributed by atoms with Crippen LogP contribution in [0.2, 0.25) is 5.02 Å². The average Bonchev–Trinajstić information content (AvgIpc) is 2.94. The molecule has 0 unspecified atom stereocenters. The van der Waals surface area contributed by atoms with E-state index in [4.69, 9.17) is 16.3 Å². The van der Waals surface area contributed by atoms with Crippen LogP contribution >= 0.6 is 11.6 Å². The van der Waals surface area contributed by atoms with E-state index in [-0.39, 0.29) is 5.91 Å². The van der Waals surface area contributed by atoms with Crippen molar-refractivity contribution in [2.75, 3.05) is 7.11 Å². The van der Waals surface area contributed by atoms with Crippen LogP contribution in [0.1, 0.15) is 21.6 Å². The summed E-state index contributed by atoms with van der Waals surface area (Å²) in [6, 6.07) is 12.9. The first-order valence-corrected chi connectivity index (χ1v) is 7.72. The van der Waals surface area contributed by atoms with Crippen LogP contribution in [0.15, 0.2) is 47.6 Å². The van der Waals surface area contributed by atoms with Crippen molar-refractivity contribution in [2.45, 2.75) is 6.92 Å². The minimum atomic E-state index is -0.315. The van der Waals surface area contributed by atoms with Gasteiger partial charge in [0.05, 0.1) is 23.9 Å². The summed E-state index contributed by atoms with van der Waals surface area (Å²) >= 11 is 6.15. The van der Waals surface area contributed by atoms with Crippen molar-refractivity contribution >= 4 is 34.6 Å². The lowest BCUT2D eigenvalue weighted by Crippen LogP contribution is -2.18. The number of hydrazone groups is 1. The molecule has 0 atom stereocenters. The zero-order valence-electron chi connectivity index (χ0n) is 13.3. The molecule has 2 aromatic carbocycles. The number of hydrogen-bond acceptors (Lipinski definition) is 3. The lowest BCUT2D eigenvalue weighted by atomic mass is 10.1. The molecule has 5 nitrogen and oxygen atoms in total. The quantitative estimate of drug-likeness (QED) is 0.558. The van der Waals surface area contributed by atoms with E-state index in [0.717, 1.165) is 27.8 Å². The van der Waals surface area contributed by atoms with E-state index in [9.17, 15) is 4.79 Å². The number of ether oxygens (including phenoxy) is 1. The van der Waals surface area contributed by atoms with Gasteiger partial charge in [-0.1, -0.05) is 23.7 Å². The number of halogens is 1. The molecule has 1 amide bonds. The molecule has 0 aliphatic carbocycles. The van der Waals surface area contributed by atoms with E-state index < -0.39 is 0 Å². The molecule has 0 radical (unpaired) electrons. The molecule has 3 aromatic rings. The minimum absolute atomic E-state index is 0.315. The van der Waals surface area contributed by atoms with Crippen LogP contribution in [-0.4, -0.2) is 24.2 Å². The molecule has 2 N–H and O–H groups in total. The fourth-order valence-electron chi connectivity index (χ4n) is 2.46. The van der Waals surface area contributed by atoms with Gasteiger partial charge in [0, 0.05) is 5.39 Å². The van der Waals surface area contributed by atoms with Gasteiger partial charge in [-0.15, -0.1) is 0 Å². The van der Waals surface area contributed by atoms with Crippen molar-refractivity contribution in [2.24, 2.45) is 5.10 Å². The van der Waals surface area contributed by atoms with Gasteiger partial charge in [0.15, 0.2) is 0 Å². The second kappa shape index (κ2) is 6.76. The molecule has 0 saturated heterocycles. The van der Waals surface area contributed by atoms with Gasteiger partial charge in [0.1, 0.15) is 11.4 Å². The highest BCUT2D eigenvalue weighted by molar-refractivity contribution is 6.35. The highest BCUT2D eigenvalue weighted by atomic mass is 35.5. The molecule has 1 aromatic heterocycles. The Morgan fingerprint density at radius 2 is 2.00 bits per heavy atom. The molecular formula is C18H16ClN3O2. The predicted molar refractivity (Wildman–Crippen MR) is 96.1 cm³/mol. The maximum absolute atomic E-state index is 12.3. The van der Waals surface area contributed by atoms with Crippen molar-refractivity contribution in [3.8, 4) is 5.75 Å². The number of H-pyrrole nitrogens is 1. The molecule has 0 bridgehead atoms. The lowest BCUT2D eigenvalue weighted by Gasteiger charge is -2.00. The van der Waals surface area contributed by atoms with E-state index in [1.54, 1.807) is 19.4 Å². The average molecular weight is 342 g/mol. The lowest BCUT2D eigenvalue weighted by molar-refractivity contribution is 0.0950. The fourth-order valence-corrected chi connectivity index (χ4v) is 2.68. The number of aromatic amines is 1. The molecule has 0 aliphatic rings. The Kier molecular flexibility index (Phi) is 4.53. The Hall–Kier alpha value is -2.79. The number of fused-ring (bicyclic) bond motifs is 1. The molecule has 24 heavy (non-hydrogen) atoms. The number of nitrogens with one attached hydrogen (secondary N) is 2. The monoisotopic (exact) mass is 341 g/mol. The van der Waals surface area contributed by atoms with E-state index in [0.29, 0.717) is 10.7 Å². The maximum atomic E-state index is 12.3. The predicted octanol–water partition coefficient (Wildman–Crippen LogP) is 3.90. The van der Waals surface area contributed by atoms with Gasteiger partial charge in [0.25, 0.3) is 5.91 Å². The van der Waals surface area contributed by atoms with Gasteiger partial charge >= 0.3 is 0 Å². The second-order valence-electron chi connectivity index (χ2n) is 5.26. The molecule has 0 saturated carbocycles. The number of hydrogen-bond donors (Lipinski definition) is 2. The molecule has 1 heterocycles. The SMILES string of the molecule is COc1ccc(C=NNC(=O)c2[nH]c3c(Cl)cccc3c2C)cc1. The van der Waals surface area contributed by atoms with Crippen LogP contribution in [0.4, 0.5) is 0 Å². The summed E-state index contributed by atoms with van der Waals surface area (Å²) in [5.74, 6) is 0.450. The molecule has 3 rings (SSSR count). The first-order valence-electron chi connectivity index (χ1n) is 7.34. The van der Waals surface area contributed by atoms with Crippen LogP contribution in [0.25, 0.3) is 10.9 Å². The largest absolute Gasteiger partial charge is 0.497 e. The summed E-state index contributed by atoms with van der Waals surface area (Å²) in [5, 5.41) is 5.49. The van der Waals surface area contributed by atoms with Crippen LogP contribution < -0.4 is 10.2 Å². The number of methoxy groups -OCH3 is 1. The van der Waals surface area contributed by atoms with Gasteiger partial charge in [0.2, 0.25) is 0 Å². The Labute approximate surface area is 144 Å². The summed E-state index contributed by atoms with van der Waals surface area (Å²) in [5.41, 5.74) is 5.41. The van der Waals surface area contributed by atoms with Gasteiger partial charge in [-0.2, -0.15) is 5.10 Å². The summed E-state index contributed by atoms with van der Waals surface area (Å²) in [6.07, 6.45) is 1.57. The first-order chi connectivity index (χ1) is 11.6. The number of nitrogens with zero attached hydrogens (tertiary/aromatic N) is 1. The summed E-state index contributed by atoms with van der Waals surface area (Å²) < 4.78 is 5.09. The van der Waals surface area contributed by atoms with Gasteiger partial charge in [-0.3, -0.25) is 4.79 Å². The third kappa shape index (κ3) is 3.12. The van der Waals surface area contributed by atoms with Crippen molar-refractivity contribution in [3.05, 3.63) is 64.3 Å². The number of aryl methyl sites for hydroxylation is 1. The number of benzene rings is 2. The number of para-hydroxylation sites is 1. The van der Waals surface area contributed by atoms with Gasteiger partial charge in [-0.05, 0) is 48.4 Å². The molecule has 0 aliphatic heterocycles. The zero-order valence-corrected chi connectivity index (χ0v) is 14.0. The number of carbonyl (C=O) groups is 1. The summed E-state index contributed by atoms with van der Waals surface area (Å²) in [6.45, 7) is 1.87. The van der Waals surface area contributed by atoms with E-state index in [1.807, 2.05) is 43.3 Å². The van der Waals surface area contributed by atoms with Gasteiger partial charge < -0.3 is 9.72 Å². The molecule has 6 heteroatoms.